The summed E-state index contributed by atoms with van der Waals surface area (Å²) in [7, 11) is 1.73. The van der Waals surface area contributed by atoms with Gasteiger partial charge in [-0.25, -0.2) is 9.37 Å². The van der Waals surface area contributed by atoms with E-state index in [1.165, 1.54) is 17.7 Å². The van der Waals surface area contributed by atoms with E-state index in [2.05, 4.69) is 44.4 Å². The number of thiophene rings is 1. The zero-order valence-electron chi connectivity index (χ0n) is 15.9. The van der Waals surface area contributed by atoms with Crippen LogP contribution in [0.4, 0.5) is 4.39 Å². The summed E-state index contributed by atoms with van der Waals surface area (Å²) >= 11 is 1.70. The molecule has 0 saturated heterocycles. The Kier molecular flexibility index (Phi) is 6.97. The molecule has 1 atom stereocenters. The first-order chi connectivity index (χ1) is 13.7. The van der Waals surface area contributed by atoms with Gasteiger partial charge in [-0.2, -0.15) is 11.3 Å². The third-order valence-corrected chi connectivity index (χ3v) is 4.92. The average Bonchev–Trinajstić information content (AvgIpc) is 3.24. The lowest BCUT2D eigenvalue weighted by molar-refractivity contribution is 0.450. The van der Waals surface area contributed by atoms with E-state index in [0.29, 0.717) is 30.1 Å². The maximum absolute atomic E-state index is 13.4. The lowest BCUT2D eigenvalue weighted by Gasteiger charge is -2.16. The van der Waals surface area contributed by atoms with Crippen LogP contribution in [0.1, 0.15) is 24.0 Å². The second kappa shape index (κ2) is 9.85. The molecule has 5 nitrogen and oxygen atoms in total. The first kappa shape index (κ1) is 19.8. The molecule has 28 heavy (non-hydrogen) atoms. The first-order valence-electron chi connectivity index (χ1n) is 8.99. The van der Waals surface area contributed by atoms with Gasteiger partial charge in [0.05, 0.1) is 0 Å². The standard InChI is InChI=1S/C21H23FN4OS/c1-15(17-8-10-28-14-17)12-25-21(23-2)26-13-16-5-4-9-24-20(16)27-19-7-3-6-18(22)11-19/h3-11,14-15H,12-13H2,1-2H3,(H2,23,25,26). The summed E-state index contributed by atoms with van der Waals surface area (Å²) in [6.07, 6.45) is 1.65. The van der Waals surface area contributed by atoms with Crippen molar-refractivity contribution in [2.24, 2.45) is 4.99 Å². The maximum Gasteiger partial charge on any atom is 0.224 e. The second-order valence-corrected chi connectivity index (χ2v) is 7.07. The molecule has 2 heterocycles. The van der Waals surface area contributed by atoms with Crippen molar-refractivity contribution in [2.75, 3.05) is 13.6 Å². The van der Waals surface area contributed by atoms with Gasteiger partial charge in [-0.1, -0.05) is 19.1 Å². The summed E-state index contributed by atoms with van der Waals surface area (Å²) < 4.78 is 19.1. The largest absolute Gasteiger partial charge is 0.439 e. The summed E-state index contributed by atoms with van der Waals surface area (Å²) in [6.45, 7) is 3.43. The Morgan fingerprint density at radius 1 is 1.25 bits per heavy atom. The average molecular weight is 399 g/mol. The molecular weight excluding hydrogens is 375 g/mol. The molecule has 3 aromatic rings. The van der Waals surface area contributed by atoms with Crippen LogP contribution in [-0.2, 0) is 6.54 Å². The van der Waals surface area contributed by atoms with Crippen LogP contribution in [-0.4, -0.2) is 24.5 Å². The molecule has 0 aliphatic carbocycles. The summed E-state index contributed by atoms with van der Waals surface area (Å²) in [6, 6.07) is 11.9. The van der Waals surface area contributed by atoms with Crippen LogP contribution in [0.3, 0.4) is 0 Å². The third-order valence-electron chi connectivity index (χ3n) is 4.22. The molecular formula is C21H23FN4OS. The van der Waals surface area contributed by atoms with Gasteiger partial charge in [-0.05, 0) is 46.5 Å². The highest BCUT2D eigenvalue weighted by atomic mass is 32.1. The van der Waals surface area contributed by atoms with Gasteiger partial charge in [0.25, 0.3) is 0 Å². The number of guanidine groups is 1. The minimum absolute atomic E-state index is 0.350. The summed E-state index contributed by atoms with van der Waals surface area (Å²) in [5, 5.41) is 10.9. The molecule has 0 saturated carbocycles. The van der Waals surface area contributed by atoms with Crippen LogP contribution in [0.15, 0.2) is 64.4 Å². The van der Waals surface area contributed by atoms with Gasteiger partial charge in [0.2, 0.25) is 5.88 Å². The highest BCUT2D eigenvalue weighted by Gasteiger charge is 2.10. The number of hydrogen-bond donors (Lipinski definition) is 2. The number of halogens is 1. The van der Waals surface area contributed by atoms with Gasteiger partial charge in [-0.3, -0.25) is 4.99 Å². The van der Waals surface area contributed by atoms with Crippen LogP contribution in [0.25, 0.3) is 0 Å². The Hall–Kier alpha value is -2.93. The van der Waals surface area contributed by atoms with Gasteiger partial charge in [0.15, 0.2) is 5.96 Å². The Balaban J connectivity index is 1.58. The fourth-order valence-electron chi connectivity index (χ4n) is 2.62. The monoisotopic (exact) mass is 398 g/mol. The molecule has 2 N–H and O–H groups in total. The molecule has 0 aliphatic heterocycles. The number of nitrogens with one attached hydrogen (secondary N) is 2. The van der Waals surface area contributed by atoms with Crippen molar-refractivity contribution in [2.45, 2.75) is 19.4 Å². The van der Waals surface area contributed by atoms with Crippen molar-refractivity contribution in [1.82, 2.24) is 15.6 Å². The molecule has 0 spiro atoms. The highest BCUT2D eigenvalue weighted by Crippen LogP contribution is 2.23. The van der Waals surface area contributed by atoms with Crippen molar-refractivity contribution in [3.63, 3.8) is 0 Å². The van der Waals surface area contributed by atoms with Crippen molar-refractivity contribution >= 4 is 17.3 Å². The number of pyridine rings is 1. The van der Waals surface area contributed by atoms with Gasteiger partial charge >= 0.3 is 0 Å². The van der Waals surface area contributed by atoms with Crippen molar-refractivity contribution in [3.05, 3.63) is 76.4 Å². The number of rotatable bonds is 7. The quantitative estimate of drug-likeness (QED) is 0.453. The van der Waals surface area contributed by atoms with Gasteiger partial charge < -0.3 is 15.4 Å². The maximum atomic E-state index is 13.4. The van der Waals surface area contributed by atoms with E-state index in [9.17, 15) is 4.39 Å². The zero-order chi connectivity index (χ0) is 19.8. The lowest BCUT2D eigenvalue weighted by atomic mass is 10.1. The van der Waals surface area contributed by atoms with Crippen molar-refractivity contribution in [3.8, 4) is 11.6 Å². The molecule has 0 amide bonds. The van der Waals surface area contributed by atoms with Crippen LogP contribution >= 0.6 is 11.3 Å². The lowest BCUT2D eigenvalue weighted by Crippen LogP contribution is -2.38. The Morgan fingerprint density at radius 3 is 2.89 bits per heavy atom. The van der Waals surface area contributed by atoms with Gasteiger partial charge in [0.1, 0.15) is 11.6 Å². The smallest absolute Gasteiger partial charge is 0.224 e. The number of benzene rings is 1. The Bertz CT molecular complexity index is 914. The number of aromatic nitrogens is 1. The fourth-order valence-corrected chi connectivity index (χ4v) is 3.40. The molecule has 1 aromatic carbocycles. The Morgan fingerprint density at radius 2 is 2.14 bits per heavy atom. The minimum atomic E-state index is -0.350. The molecule has 0 fully saturated rings. The predicted octanol–water partition coefficient (Wildman–Crippen LogP) is 4.54. The topological polar surface area (TPSA) is 58.5 Å². The number of ether oxygens (including phenoxy) is 1. The fraction of sp³-hybridized carbons (Fsp3) is 0.238. The zero-order valence-corrected chi connectivity index (χ0v) is 16.7. The van der Waals surface area contributed by atoms with E-state index in [0.717, 1.165) is 12.1 Å². The molecule has 0 aliphatic rings. The van der Waals surface area contributed by atoms with E-state index < -0.39 is 0 Å². The van der Waals surface area contributed by atoms with E-state index in [4.69, 9.17) is 4.74 Å². The molecule has 2 aromatic heterocycles. The molecule has 3 rings (SSSR count). The number of hydrogen-bond acceptors (Lipinski definition) is 4. The third kappa shape index (κ3) is 5.53. The van der Waals surface area contributed by atoms with Crippen LogP contribution in [0.5, 0.6) is 11.6 Å². The predicted molar refractivity (Wildman–Crippen MR) is 112 cm³/mol. The molecule has 0 bridgehead atoms. The number of nitrogens with zero attached hydrogens (tertiary/aromatic N) is 2. The molecule has 0 radical (unpaired) electrons. The van der Waals surface area contributed by atoms with E-state index in [1.807, 2.05) is 12.1 Å². The van der Waals surface area contributed by atoms with E-state index in [1.54, 1.807) is 36.7 Å². The van der Waals surface area contributed by atoms with Crippen molar-refractivity contribution in [1.29, 1.82) is 0 Å². The SMILES string of the molecule is CN=C(NCc1cccnc1Oc1cccc(F)c1)NCC(C)c1ccsc1. The Labute approximate surface area is 168 Å². The van der Waals surface area contributed by atoms with E-state index in [-0.39, 0.29) is 5.82 Å². The highest BCUT2D eigenvalue weighted by molar-refractivity contribution is 7.07. The minimum Gasteiger partial charge on any atom is -0.439 e. The molecule has 146 valence electrons. The number of aliphatic imine (C=N–C) groups is 1. The van der Waals surface area contributed by atoms with Crippen molar-refractivity contribution < 1.29 is 9.13 Å². The van der Waals surface area contributed by atoms with Crippen LogP contribution in [0, 0.1) is 5.82 Å². The second-order valence-electron chi connectivity index (χ2n) is 6.29. The van der Waals surface area contributed by atoms with Gasteiger partial charge in [-0.15, -0.1) is 0 Å². The van der Waals surface area contributed by atoms with Crippen LogP contribution < -0.4 is 15.4 Å². The molecule has 1 unspecified atom stereocenters. The summed E-state index contributed by atoms with van der Waals surface area (Å²) in [5.41, 5.74) is 2.16. The summed E-state index contributed by atoms with van der Waals surface area (Å²) in [4.78, 5) is 8.54. The summed E-state index contributed by atoms with van der Waals surface area (Å²) in [5.74, 6) is 1.57. The molecule has 7 heteroatoms. The van der Waals surface area contributed by atoms with Gasteiger partial charge in [0, 0.05) is 38.0 Å². The van der Waals surface area contributed by atoms with E-state index >= 15 is 0 Å². The first-order valence-corrected chi connectivity index (χ1v) is 9.94. The van der Waals surface area contributed by atoms with Crippen LogP contribution in [0.2, 0.25) is 0 Å². The normalized spacial score (nSPS) is 12.5.